The molecular formula is C22H25N3O10. The highest BCUT2D eigenvalue weighted by atomic mass is 17.1. The number of primary amides is 1. The molecule has 1 fully saturated rings. The van der Waals surface area contributed by atoms with Crippen molar-refractivity contribution in [3.8, 4) is 5.75 Å². The normalized spacial score (nSPS) is 32.6. The molecule has 1 aromatic rings. The van der Waals surface area contributed by atoms with E-state index < -0.39 is 81.0 Å². The molecule has 13 nitrogen and oxygen atoms in total. The van der Waals surface area contributed by atoms with E-state index in [1.165, 1.54) is 31.1 Å². The van der Waals surface area contributed by atoms with Crippen molar-refractivity contribution in [1.29, 1.82) is 0 Å². The number of amides is 1. The number of hydrogen-bond donors (Lipinski definition) is 7. The van der Waals surface area contributed by atoms with E-state index >= 15 is 0 Å². The molecular weight excluding hydrogens is 466 g/mol. The molecule has 35 heavy (non-hydrogen) atoms. The van der Waals surface area contributed by atoms with E-state index in [-0.39, 0.29) is 11.3 Å². The number of Topliss-reactive ketones (excluding diaryl/α,β-unsaturated/α-hetero) is 2. The maximum Gasteiger partial charge on any atom is 0.255 e. The van der Waals surface area contributed by atoms with Crippen LogP contribution in [0.3, 0.4) is 0 Å². The lowest BCUT2D eigenvalue weighted by molar-refractivity contribution is -0.513. The lowest BCUT2D eigenvalue weighted by Gasteiger charge is -2.54. The summed E-state index contributed by atoms with van der Waals surface area (Å²) in [5.41, 5.74) is 1.03. The summed E-state index contributed by atoms with van der Waals surface area (Å²) in [5.74, 6) is -9.74. The molecule has 3 aliphatic rings. The van der Waals surface area contributed by atoms with Crippen LogP contribution in [0.15, 0.2) is 35.1 Å². The number of phenolic OH excluding ortho intramolecular Hbond substituents is 1. The first-order chi connectivity index (χ1) is 16.3. The Bertz CT molecular complexity index is 1210. The van der Waals surface area contributed by atoms with Gasteiger partial charge in [-0.15, -0.1) is 0 Å². The first-order valence-corrected chi connectivity index (χ1v) is 10.6. The summed E-state index contributed by atoms with van der Waals surface area (Å²) in [6.07, 6.45) is -1.62. The van der Waals surface area contributed by atoms with Gasteiger partial charge in [-0.05, 0) is 31.6 Å². The molecule has 0 aliphatic heterocycles. The minimum Gasteiger partial charge on any atom is -0.508 e. The summed E-state index contributed by atoms with van der Waals surface area (Å²) < 4.78 is 0. The highest BCUT2D eigenvalue weighted by molar-refractivity contribution is 6.24. The van der Waals surface area contributed by atoms with Gasteiger partial charge in [0.2, 0.25) is 5.78 Å². The molecule has 8 N–H and O–H groups in total. The van der Waals surface area contributed by atoms with Crippen LogP contribution in [0.2, 0.25) is 0 Å². The molecule has 0 bridgehead atoms. The molecule has 0 heterocycles. The van der Waals surface area contributed by atoms with Gasteiger partial charge in [0, 0.05) is 11.5 Å². The monoisotopic (exact) mass is 491 g/mol. The van der Waals surface area contributed by atoms with Crippen LogP contribution >= 0.6 is 0 Å². The van der Waals surface area contributed by atoms with Crippen LogP contribution in [0.1, 0.15) is 24.0 Å². The Morgan fingerprint density at radius 1 is 1.14 bits per heavy atom. The fourth-order valence-corrected chi connectivity index (χ4v) is 5.78. The number of fused-ring (bicyclic) bond motifs is 3. The van der Waals surface area contributed by atoms with Crippen molar-refractivity contribution in [2.75, 3.05) is 14.1 Å². The van der Waals surface area contributed by atoms with Crippen molar-refractivity contribution in [1.82, 2.24) is 10.3 Å². The number of carbonyl (C=O) groups is 3. The van der Waals surface area contributed by atoms with E-state index in [4.69, 9.17) is 10.6 Å². The molecule has 6 atom stereocenters. The number of likely N-dealkylation sites (N-methyl/N-ethyl adjacent to an activating group) is 1. The van der Waals surface area contributed by atoms with E-state index in [0.29, 0.717) is 5.56 Å². The van der Waals surface area contributed by atoms with Crippen molar-refractivity contribution in [3.05, 3.63) is 46.2 Å². The number of aliphatic hydroxyl groups excluding tert-OH is 2. The van der Waals surface area contributed by atoms with Gasteiger partial charge in [0.15, 0.2) is 11.4 Å². The fourth-order valence-electron chi connectivity index (χ4n) is 5.78. The van der Waals surface area contributed by atoms with E-state index in [1.54, 1.807) is 13.0 Å². The summed E-state index contributed by atoms with van der Waals surface area (Å²) >= 11 is 0. The van der Waals surface area contributed by atoms with Gasteiger partial charge in [-0.25, -0.2) is 4.84 Å². The van der Waals surface area contributed by atoms with Gasteiger partial charge in [-0.2, -0.15) is 0 Å². The minimum atomic E-state index is -3.03. The molecule has 4 rings (SSSR count). The number of phenols is 1. The van der Waals surface area contributed by atoms with E-state index in [2.05, 4.69) is 0 Å². The minimum absolute atomic E-state index is 0.0973. The molecule has 0 aromatic heterocycles. The molecule has 0 spiro atoms. The number of nitrogens with two attached hydrogens (primary N) is 1. The van der Waals surface area contributed by atoms with Gasteiger partial charge >= 0.3 is 0 Å². The summed E-state index contributed by atoms with van der Waals surface area (Å²) in [5, 5.41) is 62.5. The van der Waals surface area contributed by atoms with Crippen molar-refractivity contribution < 1.29 is 50.1 Å². The summed E-state index contributed by atoms with van der Waals surface area (Å²) in [6.45, 7) is 1.61. The van der Waals surface area contributed by atoms with Gasteiger partial charge in [-0.3, -0.25) is 29.7 Å². The number of benzene rings is 1. The number of hydrogen-bond acceptors (Lipinski definition) is 12. The Kier molecular flexibility index (Phi) is 5.75. The number of aromatic hydroxyl groups is 1. The van der Waals surface area contributed by atoms with Gasteiger partial charge < -0.3 is 26.2 Å². The molecule has 1 saturated carbocycles. The maximum absolute atomic E-state index is 13.9. The quantitative estimate of drug-likeness (QED) is 0.210. The SMILES string of the molecule is C[C@H]1c2cccc(O)c2C(O)=C2C(=O)[C@]3(O)C(O)=C(C(N)=O)C(=O)[C@@H](N(C)C)[C@@H]3[C@@H](ON(O)O)[C@@H]21. The zero-order valence-electron chi connectivity index (χ0n) is 18.9. The largest absolute Gasteiger partial charge is 0.508 e. The molecule has 3 aliphatic carbocycles. The average Bonchev–Trinajstić information content (AvgIpc) is 2.75. The molecule has 0 saturated heterocycles. The lowest BCUT2D eigenvalue weighted by Crippen LogP contribution is -2.71. The number of rotatable bonds is 4. The molecule has 188 valence electrons. The van der Waals surface area contributed by atoms with Crippen molar-refractivity contribution in [2.24, 2.45) is 17.6 Å². The zero-order valence-corrected chi connectivity index (χ0v) is 18.9. The highest BCUT2D eigenvalue weighted by Crippen LogP contribution is 2.56. The predicted octanol–water partition coefficient (Wildman–Crippen LogP) is -0.484. The highest BCUT2D eigenvalue weighted by Gasteiger charge is 2.69. The molecule has 0 unspecified atom stereocenters. The van der Waals surface area contributed by atoms with Crippen molar-refractivity contribution in [2.45, 2.75) is 30.6 Å². The topological polar surface area (TPSA) is 214 Å². The van der Waals surface area contributed by atoms with Crippen LogP contribution in [0.5, 0.6) is 5.75 Å². The van der Waals surface area contributed by atoms with Gasteiger partial charge in [0.05, 0.1) is 22.9 Å². The van der Waals surface area contributed by atoms with Crippen molar-refractivity contribution >= 4 is 23.2 Å². The van der Waals surface area contributed by atoms with Gasteiger partial charge in [0.1, 0.15) is 28.9 Å². The number of ketones is 2. The molecule has 13 heteroatoms. The second-order valence-electron chi connectivity index (χ2n) is 9.12. The number of carbonyl (C=O) groups excluding carboxylic acids is 3. The second kappa shape index (κ2) is 8.12. The van der Waals surface area contributed by atoms with Crippen LogP contribution in [0, 0.1) is 11.8 Å². The van der Waals surface area contributed by atoms with Crippen LogP contribution in [0.25, 0.3) is 5.76 Å². The molecule has 1 amide bonds. The second-order valence-corrected chi connectivity index (χ2v) is 9.12. The van der Waals surface area contributed by atoms with E-state index in [1.807, 2.05) is 0 Å². The first kappa shape index (κ1) is 24.8. The Morgan fingerprint density at radius 3 is 2.31 bits per heavy atom. The smallest absolute Gasteiger partial charge is 0.255 e. The average molecular weight is 491 g/mol. The lowest BCUT2D eigenvalue weighted by atomic mass is 9.54. The fraction of sp³-hybridized carbons (Fsp3) is 0.409. The standard InChI is InChI=1S/C22H25N3O10/c1-7-8-5-4-6-9(26)11(8)16(27)12-10(7)18(35-25(33)34)14-15(24(2)3)17(28)13(21(23)31)20(30)22(14,32)19(12)29/h4-7,10,14-15,18,26-27,30,32-34H,1-3H3,(H2,23,31)/t7-,10+,14+,15-,18-,22-/m0/s1. The van der Waals surface area contributed by atoms with Crippen LogP contribution in [-0.2, 0) is 19.2 Å². The Morgan fingerprint density at radius 2 is 1.77 bits per heavy atom. The Labute approximate surface area is 198 Å². The zero-order chi connectivity index (χ0) is 26.1. The third-order valence-corrected chi connectivity index (χ3v) is 7.18. The van der Waals surface area contributed by atoms with E-state index in [9.17, 15) is 45.2 Å². The van der Waals surface area contributed by atoms with Crippen molar-refractivity contribution in [3.63, 3.8) is 0 Å². The van der Waals surface area contributed by atoms with Gasteiger partial charge in [0.25, 0.3) is 5.91 Å². The number of nitrogens with zero attached hydrogens (tertiary/aromatic N) is 2. The summed E-state index contributed by atoms with van der Waals surface area (Å²) in [4.78, 5) is 45.6. The van der Waals surface area contributed by atoms with E-state index in [0.717, 1.165) is 0 Å². The number of aliphatic hydroxyl groups is 3. The van der Waals surface area contributed by atoms with Crippen LogP contribution < -0.4 is 5.73 Å². The van der Waals surface area contributed by atoms with Gasteiger partial charge in [-0.1, -0.05) is 19.1 Å². The third-order valence-electron chi connectivity index (χ3n) is 7.18. The first-order valence-electron chi connectivity index (χ1n) is 10.6. The summed E-state index contributed by atoms with van der Waals surface area (Å²) in [6, 6.07) is 2.86. The third kappa shape index (κ3) is 3.21. The Balaban J connectivity index is 2.11. The molecule has 0 radical (unpaired) electrons. The van der Waals surface area contributed by atoms with Crippen LogP contribution in [0.4, 0.5) is 0 Å². The summed E-state index contributed by atoms with van der Waals surface area (Å²) in [7, 11) is 2.81. The van der Waals surface area contributed by atoms with Crippen LogP contribution in [-0.4, -0.2) is 90.4 Å². The maximum atomic E-state index is 13.9. The Hall–Kier alpha value is -3.33. The molecule has 1 aromatic carbocycles. The predicted molar refractivity (Wildman–Crippen MR) is 115 cm³/mol.